The molecule has 0 saturated carbocycles. The van der Waals surface area contributed by atoms with Crippen LogP contribution >= 0.6 is 0 Å². The highest BCUT2D eigenvalue weighted by Gasteiger charge is 2.06. The Morgan fingerprint density at radius 1 is 1.33 bits per heavy atom. The van der Waals surface area contributed by atoms with Crippen molar-refractivity contribution in [1.82, 2.24) is 4.98 Å². The number of rotatable bonds is 2. The molecule has 3 nitrogen and oxygen atoms in total. The van der Waals surface area contributed by atoms with Gasteiger partial charge in [0.05, 0.1) is 7.11 Å². The van der Waals surface area contributed by atoms with Crippen molar-refractivity contribution in [2.24, 2.45) is 0 Å². The van der Waals surface area contributed by atoms with Crippen molar-refractivity contribution in [3.05, 3.63) is 36.2 Å². The fourth-order valence-electron chi connectivity index (χ4n) is 1.56. The Morgan fingerprint density at radius 3 is 2.80 bits per heavy atom. The normalized spacial score (nSPS) is 10.3. The number of ether oxygens (including phenoxy) is 1. The third-order valence-electron chi connectivity index (χ3n) is 2.31. The zero-order chi connectivity index (χ0) is 10.8. The largest absolute Gasteiger partial charge is 0.497 e. The van der Waals surface area contributed by atoms with E-state index in [2.05, 4.69) is 4.98 Å². The van der Waals surface area contributed by atoms with Gasteiger partial charge in [0.25, 0.3) is 0 Å². The van der Waals surface area contributed by atoms with Crippen LogP contribution < -0.4 is 4.74 Å². The fourth-order valence-corrected chi connectivity index (χ4v) is 1.56. The third-order valence-corrected chi connectivity index (χ3v) is 2.31. The number of methoxy groups -OCH3 is 1. The van der Waals surface area contributed by atoms with Crippen molar-refractivity contribution >= 4 is 16.6 Å². The highest BCUT2D eigenvalue weighted by Crippen LogP contribution is 2.22. The fraction of sp³-hybridized carbons (Fsp3) is 0.167. The van der Waals surface area contributed by atoms with E-state index in [0.717, 1.165) is 16.5 Å². The van der Waals surface area contributed by atoms with Gasteiger partial charge in [-0.15, -0.1) is 0 Å². The number of hydrogen-bond donors (Lipinski definition) is 0. The lowest BCUT2D eigenvalue weighted by Crippen LogP contribution is -1.97. The maximum absolute atomic E-state index is 11.3. The Balaban J connectivity index is 2.72. The summed E-state index contributed by atoms with van der Waals surface area (Å²) in [6, 6.07) is 7.45. The van der Waals surface area contributed by atoms with Crippen molar-refractivity contribution in [3.8, 4) is 5.75 Å². The van der Waals surface area contributed by atoms with Crippen LogP contribution in [0.4, 0.5) is 0 Å². The van der Waals surface area contributed by atoms with Gasteiger partial charge in [-0.05, 0) is 29.7 Å². The molecule has 0 radical (unpaired) electrons. The number of benzene rings is 1. The van der Waals surface area contributed by atoms with Gasteiger partial charge in [-0.25, -0.2) is 0 Å². The van der Waals surface area contributed by atoms with Crippen LogP contribution in [0.3, 0.4) is 0 Å². The van der Waals surface area contributed by atoms with Crippen molar-refractivity contribution in [3.63, 3.8) is 0 Å². The second-order valence-electron chi connectivity index (χ2n) is 3.30. The maximum atomic E-state index is 11.3. The van der Waals surface area contributed by atoms with E-state index in [1.54, 1.807) is 13.3 Å². The van der Waals surface area contributed by atoms with Crippen molar-refractivity contribution < 1.29 is 9.53 Å². The summed E-state index contributed by atoms with van der Waals surface area (Å²) in [7, 11) is 1.62. The molecule has 0 aliphatic rings. The lowest BCUT2D eigenvalue weighted by Gasteiger charge is -2.04. The zero-order valence-corrected chi connectivity index (χ0v) is 8.65. The Hall–Kier alpha value is -1.90. The van der Waals surface area contributed by atoms with E-state index in [1.165, 1.54) is 6.92 Å². The molecule has 76 valence electrons. The molecule has 0 spiro atoms. The van der Waals surface area contributed by atoms with Crippen LogP contribution in [-0.4, -0.2) is 17.9 Å². The molecular weight excluding hydrogens is 190 g/mol. The highest BCUT2D eigenvalue weighted by molar-refractivity contribution is 6.05. The number of pyridine rings is 1. The van der Waals surface area contributed by atoms with E-state index in [0.29, 0.717) is 5.69 Å². The first-order valence-electron chi connectivity index (χ1n) is 4.66. The van der Waals surface area contributed by atoms with E-state index in [-0.39, 0.29) is 5.78 Å². The summed E-state index contributed by atoms with van der Waals surface area (Å²) < 4.78 is 5.12. The summed E-state index contributed by atoms with van der Waals surface area (Å²) in [4.78, 5) is 15.4. The third kappa shape index (κ3) is 1.68. The molecule has 0 aliphatic heterocycles. The number of Topliss-reactive ketones (excluding diaryl/α,β-unsaturated/α-hetero) is 1. The molecule has 0 amide bonds. The van der Waals surface area contributed by atoms with Crippen molar-refractivity contribution in [2.75, 3.05) is 7.11 Å². The van der Waals surface area contributed by atoms with Gasteiger partial charge in [-0.1, -0.05) is 0 Å². The second-order valence-corrected chi connectivity index (χ2v) is 3.30. The minimum atomic E-state index is -0.0224. The van der Waals surface area contributed by atoms with Crippen LogP contribution in [0.1, 0.15) is 17.4 Å². The maximum Gasteiger partial charge on any atom is 0.178 e. The van der Waals surface area contributed by atoms with E-state index in [1.807, 2.05) is 24.3 Å². The van der Waals surface area contributed by atoms with Gasteiger partial charge in [-0.2, -0.15) is 0 Å². The Kier molecular flexibility index (Phi) is 2.37. The molecule has 0 aliphatic carbocycles. The van der Waals surface area contributed by atoms with Gasteiger partial charge in [0.1, 0.15) is 11.4 Å². The zero-order valence-electron chi connectivity index (χ0n) is 8.65. The summed E-state index contributed by atoms with van der Waals surface area (Å²) in [5.41, 5.74) is 0.509. The lowest BCUT2D eigenvalue weighted by atomic mass is 10.1. The first-order valence-corrected chi connectivity index (χ1v) is 4.66. The van der Waals surface area contributed by atoms with Gasteiger partial charge in [-0.3, -0.25) is 9.78 Å². The monoisotopic (exact) mass is 201 g/mol. The van der Waals surface area contributed by atoms with Crippen molar-refractivity contribution in [2.45, 2.75) is 6.92 Å². The number of ketones is 1. The summed E-state index contributed by atoms with van der Waals surface area (Å²) in [5.74, 6) is 0.758. The Morgan fingerprint density at radius 2 is 2.13 bits per heavy atom. The summed E-state index contributed by atoms with van der Waals surface area (Å²) in [5, 5.41) is 1.83. The number of carbonyl (C=O) groups is 1. The first-order chi connectivity index (χ1) is 7.22. The molecule has 0 bridgehead atoms. The first kappa shape index (κ1) is 9.65. The van der Waals surface area contributed by atoms with E-state index in [9.17, 15) is 4.79 Å². The standard InChI is InChI=1S/C12H11NO2/c1-8(14)12-11-4-3-10(15-2)7-9(11)5-6-13-12/h3-7H,1-2H3. The Labute approximate surface area is 87.7 Å². The minimum absolute atomic E-state index is 0.0224. The number of aromatic nitrogens is 1. The molecule has 1 aromatic heterocycles. The summed E-state index contributed by atoms with van der Waals surface area (Å²) >= 11 is 0. The predicted octanol–water partition coefficient (Wildman–Crippen LogP) is 2.45. The minimum Gasteiger partial charge on any atom is -0.497 e. The molecule has 1 heterocycles. The summed E-state index contributed by atoms with van der Waals surface area (Å²) in [6.45, 7) is 1.52. The van der Waals surface area contributed by atoms with Crippen LogP contribution in [-0.2, 0) is 0 Å². The molecule has 0 unspecified atom stereocenters. The predicted molar refractivity (Wildman–Crippen MR) is 58.3 cm³/mol. The van der Waals surface area contributed by atoms with Gasteiger partial charge in [0.2, 0.25) is 0 Å². The average molecular weight is 201 g/mol. The van der Waals surface area contributed by atoms with Crippen LogP contribution in [0.15, 0.2) is 30.5 Å². The number of nitrogens with zero attached hydrogens (tertiary/aromatic N) is 1. The van der Waals surface area contributed by atoms with E-state index in [4.69, 9.17) is 4.74 Å². The number of carbonyl (C=O) groups excluding carboxylic acids is 1. The molecule has 0 atom stereocenters. The molecule has 0 saturated heterocycles. The van der Waals surface area contributed by atoms with Gasteiger partial charge in [0.15, 0.2) is 5.78 Å². The van der Waals surface area contributed by atoms with Crippen LogP contribution in [0.5, 0.6) is 5.75 Å². The average Bonchev–Trinajstić information content (AvgIpc) is 2.27. The molecule has 15 heavy (non-hydrogen) atoms. The SMILES string of the molecule is COc1ccc2c(C(C)=O)nccc2c1. The van der Waals surface area contributed by atoms with Gasteiger partial charge in [0, 0.05) is 18.5 Å². The molecule has 0 N–H and O–H groups in total. The number of fused-ring (bicyclic) bond motifs is 1. The van der Waals surface area contributed by atoms with Gasteiger partial charge < -0.3 is 4.74 Å². The highest BCUT2D eigenvalue weighted by atomic mass is 16.5. The topological polar surface area (TPSA) is 39.2 Å². The van der Waals surface area contributed by atoms with Crippen molar-refractivity contribution in [1.29, 1.82) is 0 Å². The smallest absolute Gasteiger partial charge is 0.178 e. The molecular formula is C12H11NO2. The van der Waals surface area contributed by atoms with E-state index < -0.39 is 0 Å². The second kappa shape index (κ2) is 3.69. The molecule has 2 rings (SSSR count). The van der Waals surface area contributed by atoms with Gasteiger partial charge >= 0.3 is 0 Å². The molecule has 0 fully saturated rings. The molecule has 3 heteroatoms. The van der Waals surface area contributed by atoms with E-state index >= 15 is 0 Å². The van der Waals surface area contributed by atoms with Crippen LogP contribution in [0, 0.1) is 0 Å². The Bertz CT molecular complexity index is 520. The molecule has 2 aromatic rings. The quantitative estimate of drug-likeness (QED) is 0.700. The molecule has 1 aromatic carbocycles. The van der Waals surface area contributed by atoms with Crippen LogP contribution in [0.2, 0.25) is 0 Å². The lowest BCUT2D eigenvalue weighted by molar-refractivity contribution is 0.101. The number of hydrogen-bond acceptors (Lipinski definition) is 3. The summed E-state index contributed by atoms with van der Waals surface area (Å²) in [6.07, 6.45) is 1.64. The van der Waals surface area contributed by atoms with Crippen LogP contribution in [0.25, 0.3) is 10.8 Å².